The van der Waals surface area contributed by atoms with Gasteiger partial charge in [0.25, 0.3) is 0 Å². The van der Waals surface area contributed by atoms with E-state index in [0.717, 1.165) is 18.0 Å². The van der Waals surface area contributed by atoms with Crippen molar-refractivity contribution >= 4 is 0 Å². The summed E-state index contributed by atoms with van der Waals surface area (Å²) in [5.74, 6) is 0.719. The Labute approximate surface area is 128 Å². The summed E-state index contributed by atoms with van der Waals surface area (Å²) in [5.41, 5.74) is 1.63. The van der Waals surface area contributed by atoms with Crippen LogP contribution in [0.5, 0.6) is 0 Å². The van der Waals surface area contributed by atoms with Gasteiger partial charge in [0.05, 0.1) is 18.8 Å². The second-order valence-corrected chi connectivity index (χ2v) is 6.69. The Kier molecular flexibility index (Phi) is 5.80. The Morgan fingerprint density at radius 2 is 1.86 bits per heavy atom. The third-order valence-corrected chi connectivity index (χ3v) is 4.78. The van der Waals surface area contributed by atoms with Gasteiger partial charge in [0.1, 0.15) is 0 Å². The summed E-state index contributed by atoms with van der Waals surface area (Å²) in [6.07, 6.45) is 2.20. The van der Waals surface area contributed by atoms with Crippen LogP contribution in [0.25, 0.3) is 0 Å². The number of nitrogens with one attached hydrogen (secondary N) is 1. The molecule has 0 radical (unpaired) electrons. The van der Waals surface area contributed by atoms with E-state index in [9.17, 15) is 5.11 Å². The van der Waals surface area contributed by atoms with Crippen molar-refractivity contribution in [2.75, 3.05) is 19.7 Å². The van der Waals surface area contributed by atoms with Gasteiger partial charge in [-0.25, -0.2) is 0 Å². The highest BCUT2D eigenvalue weighted by Crippen LogP contribution is 2.51. The summed E-state index contributed by atoms with van der Waals surface area (Å²) in [4.78, 5) is 0. The van der Waals surface area contributed by atoms with Crippen molar-refractivity contribution < 1.29 is 9.84 Å². The predicted molar refractivity (Wildman–Crippen MR) is 86.2 cm³/mol. The highest BCUT2D eigenvalue weighted by Gasteiger charge is 2.44. The molecular formula is C18H29NO2. The van der Waals surface area contributed by atoms with E-state index in [4.69, 9.17) is 4.74 Å². The standard InChI is InChI=1S/C18H29NO2/c1-14(2)18(9-10-18)13-19-11-17(20)12-21-15(3)16-7-5-4-6-8-16/h4-8,14-15,17,19-20H,9-13H2,1-3H3. The first-order valence-electron chi connectivity index (χ1n) is 8.09. The van der Waals surface area contributed by atoms with Gasteiger partial charge in [-0.2, -0.15) is 0 Å². The molecule has 0 heterocycles. The molecule has 1 aliphatic carbocycles. The van der Waals surface area contributed by atoms with Crippen LogP contribution in [0.4, 0.5) is 0 Å². The van der Waals surface area contributed by atoms with Crippen molar-refractivity contribution in [1.82, 2.24) is 5.32 Å². The lowest BCUT2D eigenvalue weighted by Gasteiger charge is -2.22. The minimum absolute atomic E-state index is 0.0197. The van der Waals surface area contributed by atoms with E-state index >= 15 is 0 Å². The van der Waals surface area contributed by atoms with Gasteiger partial charge in [0.2, 0.25) is 0 Å². The molecule has 3 nitrogen and oxygen atoms in total. The van der Waals surface area contributed by atoms with Crippen LogP contribution in [0.1, 0.15) is 45.3 Å². The molecular weight excluding hydrogens is 262 g/mol. The quantitative estimate of drug-likeness (QED) is 0.734. The van der Waals surface area contributed by atoms with Crippen LogP contribution in [0.3, 0.4) is 0 Å². The van der Waals surface area contributed by atoms with Crippen LogP contribution in [-0.2, 0) is 4.74 Å². The lowest BCUT2D eigenvalue weighted by molar-refractivity contribution is -0.00252. The second kappa shape index (κ2) is 7.39. The summed E-state index contributed by atoms with van der Waals surface area (Å²) in [6.45, 7) is 8.59. The molecule has 0 aromatic heterocycles. The van der Waals surface area contributed by atoms with Gasteiger partial charge in [0, 0.05) is 13.1 Å². The topological polar surface area (TPSA) is 41.5 Å². The zero-order chi connectivity index (χ0) is 15.3. The van der Waals surface area contributed by atoms with Gasteiger partial charge in [-0.1, -0.05) is 44.2 Å². The van der Waals surface area contributed by atoms with Crippen molar-refractivity contribution in [3.63, 3.8) is 0 Å². The Hall–Kier alpha value is -0.900. The largest absolute Gasteiger partial charge is 0.389 e. The lowest BCUT2D eigenvalue weighted by Crippen LogP contribution is -2.35. The van der Waals surface area contributed by atoms with Crippen LogP contribution < -0.4 is 5.32 Å². The summed E-state index contributed by atoms with van der Waals surface area (Å²) in [5, 5.41) is 13.4. The average molecular weight is 291 g/mol. The van der Waals surface area contributed by atoms with Crippen molar-refractivity contribution in [2.24, 2.45) is 11.3 Å². The molecule has 1 aliphatic rings. The van der Waals surface area contributed by atoms with Crippen LogP contribution in [0, 0.1) is 11.3 Å². The molecule has 2 rings (SSSR count). The van der Waals surface area contributed by atoms with E-state index in [-0.39, 0.29) is 6.10 Å². The minimum Gasteiger partial charge on any atom is -0.389 e. The van der Waals surface area contributed by atoms with Gasteiger partial charge in [-0.15, -0.1) is 0 Å². The van der Waals surface area contributed by atoms with Gasteiger partial charge >= 0.3 is 0 Å². The Balaban J connectivity index is 1.63. The maximum Gasteiger partial charge on any atom is 0.0897 e. The molecule has 2 unspecified atom stereocenters. The molecule has 0 amide bonds. The van der Waals surface area contributed by atoms with E-state index in [1.807, 2.05) is 25.1 Å². The number of benzene rings is 1. The molecule has 1 saturated carbocycles. The Morgan fingerprint density at radius 1 is 1.19 bits per heavy atom. The first-order valence-corrected chi connectivity index (χ1v) is 8.09. The average Bonchev–Trinajstić information content (AvgIpc) is 3.27. The fourth-order valence-electron chi connectivity index (χ4n) is 2.74. The highest BCUT2D eigenvalue weighted by molar-refractivity contribution is 5.16. The SMILES string of the molecule is CC(OCC(O)CNCC1(C(C)C)CC1)c1ccccc1. The summed E-state index contributed by atoms with van der Waals surface area (Å²) in [7, 11) is 0. The van der Waals surface area contributed by atoms with Crippen molar-refractivity contribution in [3.05, 3.63) is 35.9 Å². The maximum atomic E-state index is 10.0. The molecule has 2 atom stereocenters. The fourth-order valence-corrected chi connectivity index (χ4v) is 2.74. The number of hydrogen-bond donors (Lipinski definition) is 2. The number of ether oxygens (including phenoxy) is 1. The van der Waals surface area contributed by atoms with Crippen LogP contribution in [-0.4, -0.2) is 30.9 Å². The molecule has 3 heteroatoms. The number of aliphatic hydroxyl groups is 1. The van der Waals surface area contributed by atoms with Crippen LogP contribution in [0.15, 0.2) is 30.3 Å². The van der Waals surface area contributed by atoms with E-state index in [1.54, 1.807) is 0 Å². The van der Waals surface area contributed by atoms with E-state index in [1.165, 1.54) is 12.8 Å². The molecule has 1 aromatic carbocycles. The normalized spacial score (nSPS) is 19.5. The summed E-state index contributed by atoms with van der Waals surface area (Å²) in [6, 6.07) is 10.1. The highest BCUT2D eigenvalue weighted by atomic mass is 16.5. The van der Waals surface area contributed by atoms with Gasteiger partial charge in [-0.3, -0.25) is 0 Å². The fraction of sp³-hybridized carbons (Fsp3) is 0.667. The zero-order valence-electron chi connectivity index (χ0n) is 13.5. The van der Waals surface area contributed by atoms with Crippen molar-refractivity contribution in [1.29, 1.82) is 0 Å². The predicted octanol–water partition coefficient (Wildman–Crippen LogP) is 3.15. The third kappa shape index (κ3) is 4.80. The molecule has 0 saturated heterocycles. The smallest absolute Gasteiger partial charge is 0.0897 e. The molecule has 0 bridgehead atoms. The van der Waals surface area contributed by atoms with Crippen molar-refractivity contribution in [2.45, 2.75) is 45.8 Å². The monoisotopic (exact) mass is 291 g/mol. The van der Waals surface area contributed by atoms with Gasteiger partial charge < -0.3 is 15.2 Å². The Bertz CT molecular complexity index is 414. The molecule has 118 valence electrons. The van der Waals surface area contributed by atoms with Crippen LogP contribution in [0.2, 0.25) is 0 Å². The summed E-state index contributed by atoms with van der Waals surface area (Å²) >= 11 is 0. The van der Waals surface area contributed by atoms with Crippen LogP contribution >= 0.6 is 0 Å². The van der Waals surface area contributed by atoms with Gasteiger partial charge in [-0.05, 0) is 36.7 Å². The zero-order valence-corrected chi connectivity index (χ0v) is 13.5. The molecule has 1 aromatic rings. The third-order valence-electron chi connectivity index (χ3n) is 4.78. The lowest BCUT2D eigenvalue weighted by atomic mass is 9.92. The van der Waals surface area contributed by atoms with E-state index in [0.29, 0.717) is 18.6 Å². The maximum absolute atomic E-state index is 10.0. The first kappa shape index (κ1) is 16.5. The number of rotatable bonds is 9. The number of hydrogen-bond acceptors (Lipinski definition) is 3. The van der Waals surface area contributed by atoms with E-state index in [2.05, 4.69) is 31.3 Å². The van der Waals surface area contributed by atoms with E-state index < -0.39 is 6.10 Å². The molecule has 0 spiro atoms. The molecule has 1 fully saturated rings. The first-order chi connectivity index (χ1) is 10.0. The number of aliphatic hydroxyl groups excluding tert-OH is 1. The molecule has 21 heavy (non-hydrogen) atoms. The Morgan fingerprint density at radius 3 is 2.43 bits per heavy atom. The minimum atomic E-state index is -0.445. The van der Waals surface area contributed by atoms with Gasteiger partial charge in [0.15, 0.2) is 0 Å². The molecule has 2 N–H and O–H groups in total. The molecule has 0 aliphatic heterocycles. The summed E-state index contributed by atoms with van der Waals surface area (Å²) < 4.78 is 5.75. The van der Waals surface area contributed by atoms with Crippen molar-refractivity contribution in [3.8, 4) is 0 Å². The second-order valence-electron chi connectivity index (χ2n) is 6.69.